The molecule has 1 aromatic heterocycles. The van der Waals surface area contributed by atoms with E-state index in [0.29, 0.717) is 6.61 Å². The molecule has 2 N–H and O–H groups in total. The van der Waals surface area contributed by atoms with Gasteiger partial charge in [0.25, 0.3) is 0 Å². The number of likely N-dealkylation sites (N-methyl/N-ethyl adjacent to an activating group) is 1. The van der Waals surface area contributed by atoms with Crippen LogP contribution >= 0.6 is 11.3 Å². The minimum absolute atomic E-state index is 0.134. The molecule has 0 aliphatic carbocycles. The van der Waals surface area contributed by atoms with Gasteiger partial charge in [0.15, 0.2) is 0 Å². The van der Waals surface area contributed by atoms with E-state index in [0.717, 1.165) is 26.1 Å². The zero-order chi connectivity index (χ0) is 10.7. The van der Waals surface area contributed by atoms with E-state index in [-0.39, 0.29) is 5.54 Å². The lowest BCUT2D eigenvalue weighted by molar-refractivity contribution is 0.160. The molecule has 3 nitrogen and oxygen atoms in total. The number of nitrogens with zero attached hydrogens (tertiary/aromatic N) is 1. The van der Waals surface area contributed by atoms with Crippen molar-refractivity contribution in [2.45, 2.75) is 18.5 Å². The molecule has 2 heterocycles. The smallest absolute Gasteiger partial charge is 0.0659 e. The van der Waals surface area contributed by atoms with E-state index in [4.69, 9.17) is 10.5 Å². The quantitative estimate of drug-likeness (QED) is 0.841. The second-order valence-corrected chi connectivity index (χ2v) is 5.25. The third-order valence-electron chi connectivity index (χ3n) is 2.75. The molecule has 1 saturated heterocycles. The Labute approximate surface area is 94.8 Å². The average molecular weight is 226 g/mol. The van der Waals surface area contributed by atoms with Gasteiger partial charge >= 0.3 is 0 Å². The molecule has 2 rings (SSSR count). The molecule has 0 amide bonds. The molecule has 0 bridgehead atoms. The summed E-state index contributed by atoms with van der Waals surface area (Å²) in [4.78, 5) is 2.27. The van der Waals surface area contributed by atoms with Crippen LogP contribution in [0.4, 0.5) is 0 Å². The fraction of sp³-hybridized carbons (Fsp3) is 0.636. The van der Waals surface area contributed by atoms with Gasteiger partial charge in [0, 0.05) is 19.7 Å². The summed E-state index contributed by atoms with van der Waals surface area (Å²) in [6.45, 7) is 3.38. The molecule has 1 aromatic rings. The summed E-state index contributed by atoms with van der Waals surface area (Å²) in [5.74, 6) is 0. The topological polar surface area (TPSA) is 38.5 Å². The standard InChI is InChI=1S/C11H18N2OS/c1-13(6-10-2-5-15-7-10)8-11(12)3-4-14-9-11/h2,5,7H,3-4,6,8-9,12H2,1H3. The van der Waals surface area contributed by atoms with Crippen molar-refractivity contribution >= 4 is 11.3 Å². The summed E-state index contributed by atoms with van der Waals surface area (Å²) in [6, 6.07) is 2.16. The van der Waals surface area contributed by atoms with Crippen LogP contribution in [0.5, 0.6) is 0 Å². The highest BCUT2D eigenvalue weighted by Crippen LogP contribution is 2.17. The Kier molecular flexibility index (Phi) is 3.41. The fourth-order valence-corrected chi connectivity index (χ4v) is 2.70. The summed E-state index contributed by atoms with van der Waals surface area (Å²) >= 11 is 1.74. The van der Waals surface area contributed by atoms with Crippen LogP contribution in [0, 0.1) is 0 Å². The summed E-state index contributed by atoms with van der Waals surface area (Å²) in [5, 5.41) is 4.30. The van der Waals surface area contributed by atoms with Gasteiger partial charge in [-0.05, 0) is 35.9 Å². The van der Waals surface area contributed by atoms with Crippen molar-refractivity contribution in [3.05, 3.63) is 22.4 Å². The van der Waals surface area contributed by atoms with E-state index in [1.54, 1.807) is 11.3 Å². The molecule has 1 fully saturated rings. The maximum Gasteiger partial charge on any atom is 0.0659 e. The van der Waals surface area contributed by atoms with Gasteiger partial charge in [0.05, 0.1) is 12.1 Å². The molecule has 15 heavy (non-hydrogen) atoms. The number of nitrogens with two attached hydrogens (primary N) is 1. The van der Waals surface area contributed by atoms with Crippen LogP contribution in [-0.4, -0.2) is 37.2 Å². The first-order valence-electron chi connectivity index (χ1n) is 5.24. The first kappa shape index (κ1) is 11.1. The molecule has 0 saturated carbocycles. The van der Waals surface area contributed by atoms with E-state index >= 15 is 0 Å². The lowest BCUT2D eigenvalue weighted by atomic mass is 10.00. The van der Waals surface area contributed by atoms with Crippen LogP contribution < -0.4 is 5.73 Å². The Balaban J connectivity index is 1.84. The molecule has 0 radical (unpaired) electrons. The SMILES string of the molecule is CN(Cc1ccsc1)CC1(N)CCOC1. The fourth-order valence-electron chi connectivity index (χ4n) is 2.04. The molecular weight excluding hydrogens is 208 g/mol. The molecule has 4 heteroatoms. The first-order valence-corrected chi connectivity index (χ1v) is 6.18. The highest BCUT2D eigenvalue weighted by molar-refractivity contribution is 7.07. The van der Waals surface area contributed by atoms with Crippen LogP contribution in [0.25, 0.3) is 0 Å². The first-order chi connectivity index (χ1) is 7.18. The monoisotopic (exact) mass is 226 g/mol. The Bertz CT molecular complexity index is 294. The van der Waals surface area contributed by atoms with E-state index < -0.39 is 0 Å². The summed E-state index contributed by atoms with van der Waals surface area (Å²) < 4.78 is 5.35. The predicted molar refractivity (Wildman–Crippen MR) is 63.0 cm³/mol. The van der Waals surface area contributed by atoms with Crippen molar-refractivity contribution in [3.63, 3.8) is 0 Å². The number of rotatable bonds is 4. The predicted octanol–water partition coefficient (Wildman–Crippen LogP) is 1.30. The van der Waals surface area contributed by atoms with Crippen LogP contribution in [-0.2, 0) is 11.3 Å². The molecule has 1 aliphatic heterocycles. The lowest BCUT2D eigenvalue weighted by Gasteiger charge is -2.28. The number of hydrogen-bond acceptors (Lipinski definition) is 4. The lowest BCUT2D eigenvalue weighted by Crippen LogP contribution is -2.49. The average Bonchev–Trinajstić information content (AvgIpc) is 2.76. The molecule has 1 aliphatic rings. The van der Waals surface area contributed by atoms with Gasteiger partial charge in [0.2, 0.25) is 0 Å². The Morgan fingerprint density at radius 3 is 3.13 bits per heavy atom. The van der Waals surface area contributed by atoms with Crippen molar-refractivity contribution in [2.24, 2.45) is 5.73 Å². The van der Waals surface area contributed by atoms with Gasteiger partial charge in [-0.2, -0.15) is 11.3 Å². The van der Waals surface area contributed by atoms with E-state index in [2.05, 4.69) is 28.8 Å². The molecular formula is C11H18N2OS. The number of ether oxygens (including phenoxy) is 1. The third-order valence-corrected chi connectivity index (χ3v) is 3.48. The summed E-state index contributed by atoms with van der Waals surface area (Å²) in [5.41, 5.74) is 7.46. The largest absolute Gasteiger partial charge is 0.379 e. The molecule has 1 atom stereocenters. The van der Waals surface area contributed by atoms with Gasteiger partial charge in [-0.3, -0.25) is 0 Å². The van der Waals surface area contributed by atoms with E-state index in [9.17, 15) is 0 Å². The van der Waals surface area contributed by atoms with Crippen molar-refractivity contribution in [3.8, 4) is 0 Å². The normalized spacial score (nSPS) is 26.3. The zero-order valence-corrected chi connectivity index (χ0v) is 9.93. The summed E-state index contributed by atoms with van der Waals surface area (Å²) in [7, 11) is 2.12. The summed E-state index contributed by atoms with van der Waals surface area (Å²) in [6.07, 6.45) is 0.973. The van der Waals surface area contributed by atoms with Gasteiger partial charge in [-0.25, -0.2) is 0 Å². The van der Waals surface area contributed by atoms with Crippen LogP contribution in [0.15, 0.2) is 16.8 Å². The highest BCUT2D eigenvalue weighted by atomic mass is 32.1. The van der Waals surface area contributed by atoms with Gasteiger partial charge < -0.3 is 15.4 Å². The van der Waals surface area contributed by atoms with Crippen molar-refractivity contribution in [1.82, 2.24) is 4.90 Å². The molecule has 84 valence electrons. The maximum atomic E-state index is 6.22. The Hall–Kier alpha value is -0.420. The zero-order valence-electron chi connectivity index (χ0n) is 9.11. The van der Waals surface area contributed by atoms with Gasteiger partial charge in [0.1, 0.15) is 0 Å². The minimum Gasteiger partial charge on any atom is -0.379 e. The van der Waals surface area contributed by atoms with Crippen molar-refractivity contribution in [1.29, 1.82) is 0 Å². The van der Waals surface area contributed by atoms with Crippen LogP contribution in [0.3, 0.4) is 0 Å². The highest BCUT2D eigenvalue weighted by Gasteiger charge is 2.31. The van der Waals surface area contributed by atoms with Gasteiger partial charge in [-0.1, -0.05) is 0 Å². The van der Waals surface area contributed by atoms with Crippen LogP contribution in [0.1, 0.15) is 12.0 Å². The Morgan fingerprint density at radius 1 is 1.67 bits per heavy atom. The third kappa shape index (κ3) is 3.01. The second kappa shape index (κ2) is 4.61. The molecule has 1 unspecified atom stereocenters. The molecule has 0 spiro atoms. The van der Waals surface area contributed by atoms with Gasteiger partial charge in [-0.15, -0.1) is 0 Å². The second-order valence-electron chi connectivity index (χ2n) is 4.47. The van der Waals surface area contributed by atoms with Crippen molar-refractivity contribution < 1.29 is 4.74 Å². The Morgan fingerprint density at radius 2 is 2.53 bits per heavy atom. The van der Waals surface area contributed by atoms with E-state index in [1.807, 2.05) is 0 Å². The minimum atomic E-state index is -0.134. The van der Waals surface area contributed by atoms with E-state index in [1.165, 1.54) is 5.56 Å². The molecule has 0 aromatic carbocycles. The van der Waals surface area contributed by atoms with Crippen molar-refractivity contribution in [2.75, 3.05) is 26.8 Å². The van der Waals surface area contributed by atoms with Crippen LogP contribution in [0.2, 0.25) is 0 Å². The number of thiophene rings is 1. The maximum absolute atomic E-state index is 6.22. The number of hydrogen-bond donors (Lipinski definition) is 1.